The number of hydrogen-bond acceptors (Lipinski definition) is 2. The Morgan fingerprint density at radius 3 is 2.08 bits per heavy atom. The Hall–Kier alpha value is -1.06. The average molecular weight is 173 g/mol. The summed E-state index contributed by atoms with van der Waals surface area (Å²) >= 11 is 0. The zero-order valence-corrected chi connectivity index (χ0v) is 7.92. The minimum Gasteiger partial charge on any atom is -0.474 e. The van der Waals surface area contributed by atoms with Crippen molar-refractivity contribution >= 4 is 11.9 Å². The molecule has 0 radical (unpaired) electrons. The van der Waals surface area contributed by atoms with E-state index in [-0.39, 0.29) is 0 Å². The summed E-state index contributed by atoms with van der Waals surface area (Å²) < 4.78 is 0. The van der Waals surface area contributed by atoms with E-state index in [0.29, 0.717) is 0 Å². The molecule has 0 saturated carbocycles. The van der Waals surface area contributed by atoms with E-state index in [1.54, 1.807) is 0 Å². The van der Waals surface area contributed by atoms with Gasteiger partial charge in [0.1, 0.15) is 0 Å². The molecule has 0 aliphatic carbocycles. The Labute approximate surface area is 72.2 Å². The zero-order chi connectivity index (χ0) is 9.94. The van der Waals surface area contributed by atoms with Gasteiger partial charge in [-0.3, -0.25) is 4.79 Å². The van der Waals surface area contributed by atoms with Gasteiger partial charge in [0.05, 0.1) is 0 Å². The molecule has 0 aromatic carbocycles. The molecule has 0 fully saturated rings. The van der Waals surface area contributed by atoms with Gasteiger partial charge in [0, 0.05) is 12.6 Å². The van der Waals surface area contributed by atoms with Crippen LogP contribution in [0, 0.1) is 0 Å². The number of aliphatic carboxylic acids is 1. The second-order valence-corrected chi connectivity index (χ2v) is 3.34. The molecule has 4 heteroatoms. The van der Waals surface area contributed by atoms with Crippen molar-refractivity contribution < 1.29 is 14.7 Å². The minimum atomic E-state index is -1.40. The van der Waals surface area contributed by atoms with Crippen LogP contribution in [0.15, 0.2) is 0 Å². The molecule has 0 atom stereocenters. The molecule has 4 nitrogen and oxygen atoms in total. The highest BCUT2D eigenvalue weighted by Crippen LogP contribution is 2.16. The van der Waals surface area contributed by atoms with E-state index in [1.165, 1.54) is 11.9 Å². The fraction of sp³-hybridized carbons (Fsp3) is 0.750. The molecule has 0 aliphatic rings. The van der Waals surface area contributed by atoms with Crippen LogP contribution in [-0.4, -0.2) is 34.5 Å². The number of carbonyl (C=O) groups is 2. The van der Waals surface area contributed by atoms with Crippen LogP contribution in [0.1, 0.15) is 27.2 Å². The van der Waals surface area contributed by atoms with E-state index in [1.807, 2.05) is 20.8 Å². The van der Waals surface area contributed by atoms with Crippen molar-refractivity contribution in [2.24, 2.45) is 0 Å². The summed E-state index contributed by atoms with van der Waals surface area (Å²) in [6.07, 6.45) is 0.725. The quantitative estimate of drug-likeness (QED) is 0.626. The van der Waals surface area contributed by atoms with Crippen molar-refractivity contribution in [3.63, 3.8) is 0 Å². The number of likely N-dealkylation sites (N-methyl/N-ethyl adjacent to an activating group) is 1. The van der Waals surface area contributed by atoms with Crippen LogP contribution in [-0.2, 0) is 9.59 Å². The van der Waals surface area contributed by atoms with Gasteiger partial charge >= 0.3 is 11.9 Å². The molecule has 0 heterocycles. The number of carboxylic acid groups (broad SMARTS) is 1. The maximum absolute atomic E-state index is 11.0. The first-order valence-corrected chi connectivity index (χ1v) is 3.84. The molecule has 0 saturated heterocycles. The van der Waals surface area contributed by atoms with E-state index in [2.05, 4.69) is 0 Å². The van der Waals surface area contributed by atoms with Crippen LogP contribution in [0.5, 0.6) is 0 Å². The van der Waals surface area contributed by atoms with E-state index < -0.39 is 17.4 Å². The average Bonchev–Trinajstić information content (AvgIpc) is 2.01. The molecule has 0 unspecified atom stereocenters. The fourth-order valence-electron chi connectivity index (χ4n) is 0.656. The van der Waals surface area contributed by atoms with Gasteiger partial charge in [-0.2, -0.15) is 0 Å². The van der Waals surface area contributed by atoms with Crippen molar-refractivity contribution in [2.75, 3.05) is 7.05 Å². The van der Waals surface area contributed by atoms with Crippen molar-refractivity contribution in [2.45, 2.75) is 32.7 Å². The van der Waals surface area contributed by atoms with Gasteiger partial charge in [-0.25, -0.2) is 4.79 Å². The molecule has 70 valence electrons. The number of rotatable bonds is 2. The highest BCUT2D eigenvalue weighted by Gasteiger charge is 2.29. The first-order chi connectivity index (χ1) is 5.33. The van der Waals surface area contributed by atoms with E-state index in [0.717, 1.165) is 6.42 Å². The van der Waals surface area contributed by atoms with Crippen LogP contribution in [0.25, 0.3) is 0 Å². The molecule has 0 aliphatic heterocycles. The van der Waals surface area contributed by atoms with Crippen LogP contribution < -0.4 is 0 Å². The van der Waals surface area contributed by atoms with Gasteiger partial charge < -0.3 is 10.0 Å². The largest absolute Gasteiger partial charge is 0.474 e. The molecule has 0 aromatic heterocycles. The van der Waals surface area contributed by atoms with Crippen molar-refractivity contribution in [3.8, 4) is 0 Å². The van der Waals surface area contributed by atoms with Gasteiger partial charge in [0.15, 0.2) is 0 Å². The fourth-order valence-corrected chi connectivity index (χ4v) is 0.656. The lowest BCUT2D eigenvalue weighted by molar-refractivity contribution is -0.157. The molecule has 0 bridgehead atoms. The summed E-state index contributed by atoms with van der Waals surface area (Å²) in [5, 5.41) is 8.42. The molecular weight excluding hydrogens is 158 g/mol. The molecule has 1 N–H and O–H groups in total. The SMILES string of the molecule is CCC(C)(C)N(C)C(=O)C(=O)O. The maximum atomic E-state index is 11.0. The lowest BCUT2D eigenvalue weighted by Crippen LogP contribution is -2.47. The van der Waals surface area contributed by atoms with Crippen LogP contribution in [0.2, 0.25) is 0 Å². The topological polar surface area (TPSA) is 57.6 Å². The highest BCUT2D eigenvalue weighted by atomic mass is 16.4. The van der Waals surface area contributed by atoms with Crippen LogP contribution in [0.3, 0.4) is 0 Å². The third-order valence-electron chi connectivity index (χ3n) is 2.26. The first kappa shape index (κ1) is 10.9. The minimum absolute atomic E-state index is 0.393. The predicted molar refractivity (Wildman–Crippen MR) is 44.8 cm³/mol. The Bertz CT molecular complexity index is 198. The summed E-state index contributed by atoms with van der Waals surface area (Å²) in [5.41, 5.74) is -0.393. The summed E-state index contributed by atoms with van der Waals surface area (Å²) in [6.45, 7) is 5.56. The van der Waals surface area contributed by atoms with Crippen molar-refractivity contribution in [1.82, 2.24) is 4.90 Å². The Balaban J connectivity index is 4.49. The third kappa shape index (κ3) is 2.22. The summed E-state index contributed by atoms with van der Waals surface area (Å²) in [6, 6.07) is 0. The van der Waals surface area contributed by atoms with Gasteiger partial charge in [0.2, 0.25) is 0 Å². The van der Waals surface area contributed by atoms with Crippen molar-refractivity contribution in [3.05, 3.63) is 0 Å². The highest BCUT2D eigenvalue weighted by molar-refractivity contribution is 6.31. The molecule has 0 aromatic rings. The first-order valence-electron chi connectivity index (χ1n) is 3.84. The molecule has 0 rings (SSSR count). The van der Waals surface area contributed by atoms with Gasteiger partial charge in [-0.05, 0) is 20.3 Å². The number of amides is 1. The number of hydrogen-bond donors (Lipinski definition) is 1. The lowest BCUT2D eigenvalue weighted by atomic mass is 10.00. The van der Waals surface area contributed by atoms with E-state index >= 15 is 0 Å². The van der Waals surface area contributed by atoms with Gasteiger partial charge in [-0.15, -0.1) is 0 Å². The van der Waals surface area contributed by atoms with Crippen LogP contribution in [0.4, 0.5) is 0 Å². The molecular formula is C8H15NO3. The lowest BCUT2D eigenvalue weighted by Gasteiger charge is -2.33. The Morgan fingerprint density at radius 2 is 1.83 bits per heavy atom. The van der Waals surface area contributed by atoms with E-state index in [4.69, 9.17) is 5.11 Å². The smallest absolute Gasteiger partial charge is 0.394 e. The molecule has 0 spiro atoms. The normalized spacial score (nSPS) is 11.0. The van der Waals surface area contributed by atoms with E-state index in [9.17, 15) is 9.59 Å². The zero-order valence-electron chi connectivity index (χ0n) is 7.92. The number of nitrogens with zero attached hydrogens (tertiary/aromatic N) is 1. The Morgan fingerprint density at radius 1 is 1.42 bits per heavy atom. The molecule has 12 heavy (non-hydrogen) atoms. The Kier molecular flexibility index (Phi) is 3.24. The predicted octanol–water partition coefficient (Wildman–Crippen LogP) is 0.718. The number of carboxylic acids is 1. The van der Waals surface area contributed by atoms with Gasteiger partial charge in [0.25, 0.3) is 0 Å². The van der Waals surface area contributed by atoms with Gasteiger partial charge in [-0.1, -0.05) is 6.92 Å². The standard InChI is InChI=1S/C8H15NO3/c1-5-8(2,3)9(4)6(10)7(11)12/h5H2,1-4H3,(H,11,12). The summed E-state index contributed by atoms with van der Waals surface area (Å²) in [5.74, 6) is -2.26. The monoisotopic (exact) mass is 173 g/mol. The maximum Gasteiger partial charge on any atom is 0.394 e. The summed E-state index contributed by atoms with van der Waals surface area (Å²) in [7, 11) is 1.50. The second-order valence-electron chi connectivity index (χ2n) is 3.34. The van der Waals surface area contributed by atoms with Crippen LogP contribution >= 0.6 is 0 Å². The third-order valence-corrected chi connectivity index (χ3v) is 2.26. The van der Waals surface area contributed by atoms with Crippen molar-refractivity contribution in [1.29, 1.82) is 0 Å². The summed E-state index contributed by atoms with van der Waals surface area (Å²) in [4.78, 5) is 22.5. The number of carbonyl (C=O) groups excluding carboxylic acids is 1. The second kappa shape index (κ2) is 3.56. The molecule has 1 amide bonds.